The fourth-order valence-electron chi connectivity index (χ4n) is 1.38. The predicted octanol–water partition coefficient (Wildman–Crippen LogP) is 1.56. The number of nitrogens with one attached hydrogen (secondary N) is 1. The van der Waals surface area contributed by atoms with Gasteiger partial charge in [-0.15, -0.1) is 0 Å². The fraction of sp³-hybridized carbons (Fsp3) is 0.500. The van der Waals surface area contributed by atoms with Gasteiger partial charge in [0.05, 0.1) is 12.1 Å². The van der Waals surface area contributed by atoms with E-state index in [0.29, 0.717) is 12.4 Å². The SMILES string of the molecule is CCNC(C)(CO)COc1cccc(F)c1. The number of aliphatic hydroxyl groups is 1. The van der Waals surface area contributed by atoms with Crippen LogP contribution in [0.4, 0.5) is 4.39 Å². The van der Waals surface area contributed by atoms with E-state index in [1.165, 1.54) is 12.1 Å². The summed E-state index contributed by atoms with van der Waals surface area (Å²) < 4.78 is 18.3. The Kier molecular flexibility index (Phi) is 4.71. The molecule has 0 saturated carbocycles. The molecule has 0 saturated heterocycles. The first-order valence-corrected chi connectivity index (χ1v) is 5.34. The number of aliphatic hydroxyl groups excluding tert-OH is 1. The van der Waals surface area contributed by atoms with Gasteiger partial charge < -0.3 is 15.2 Å². The van der Waals surface area contributed by atoms with Crippen molar-refractivity contribution >= 4 is 0 Å². The molecule has 4 heteroatoms. The highest BCUT2D eigenvalue weighted by atomic mass is 19.1. The molecule has 0 aliphatic carbocycles. The van der Waals surface area contributed by atoms with E-state index in [1.807, 2.05) is 13.8 Å². The average molecular weight is 227 g/mol. The Labute approximate surface area is 95.2 Å². The van der Waals surface area contributed by atoms with Gasteiger partial charge in [0.15, 0.2) is 0 Å². The highest BCUT2D eigenvalue weighted by Gasteiger charge is 2.22. The monoisotopic (exact) mass is 227 g/mol. The van der Waals surface area contributed by atoms with Gasteiger partial charge >= 0.3 is 0 Å². The van der Waals surface area contributed by atoms with E-state index < -0.39 is 5.54 Å². The summed E-state index contributed by atoms with van der Waals surface area (Å²) >= 11 is 0. The Morgan fingerprint density at radius 2 is 2.25 bits per heavy atom. The summed E-state index contributed by atoms with van der Waals surface area (Å²) in [6, 6.07) is 5.97. The van der Waals surface area contributed by atoms with Crippen molar-refractivity contribution in [1.29, 1.82) is 0 Å². The van der Waals surface area contributed by atoms with Crippen LogP contribution in [0.1, 0.15) is 13.8 Å². The fourth-order valence-corrected chi connectivity index (χ4v) is 1.38. The second-order valence-electron chi connectivity index (χ2n) is 4.00. The number of hydrogen-bond acceptors (Lipinski definition) is 3. The predicted molar refractivity (Wildman–Crippen MR) is 61.1 cm³/mol. The van der Waals surface area contributed by atoms with Gasteiger partial charge in [-0.3, -0.25) is 0 Å². The lowest BCUT2D eigenvalue weighted by molar-refractivity contribution is 0.117. The van der Waals surface area contributed by atoms with E-state index in [0.717, 1.165) is 6.54 Å². The van der Waals surface area contributed by atoms with Gasteiger partial charge in [0.1, 0.15) is 18.2 Å². The van der Waals surface area contributed by atoms with E-state index in [-0.39, 0.29) is 12.4 Å². The topological polar surface area (TPSA) is 41.5 Å². The molecule has 0 heterocycles. The minimum atomic E-state index is -0.499. The van der Waals surface area contributed by atoms with E-state index >= 15 is 0 Å². The summed E-state index contributed by atoms with van der Waals surface area (Å²) in [6.07, 6.45) is 0. The second-order valence-corrected chi connectivity index (χ2v) is 4.00. The van der Waals surface area contributed by atoms with Crippen molar-refractivity contribution in [2.75, 3.05) is 19.8 Å². The Morgan fingerprint density at radius 3 is 2.81 bits per heavy atom. The third-order valence-corrected chi connectivity index (χ3v) is 2.31. The molecule has 0 fully saturated rings. The molecule has 0 aliphatic heterocycles. The van der Waals surface area contributed by atoms with Crippen molar-refractivity contribution < 1.29 is 14.2 Å². The zero-order chi connectivity index (χ0) is 12.0. The van der Waals surface area contributed by atoms with E-state index in [4.69, 9.17) is 4.74 Å². The van der Waals surface area contributed by atoms with Crippen LogP contribution >= 0.6 is 0 Å². The van der Waals surface area contributed by atoms with Gasteiger partial charge in [-0.05, 0) is 25.6 Å². The molecule has 0 aliphatic rings. The van der Waals surface area contributed by atoms with Crippen molar-refractivity contribution in [1.82, 2.24) is 5.32 Å². The third-order valence-electron chi connectivity index (χ3n) is 2.31. The first-order valence-electron chi connectivity index (χ1n) is 5.34. The molecule has 0 radical (unpaired) electrons. The summed E-state index contributed by atoms with van der Waals surface area (Å²) in [6.45, 7) is 4.81. The van der Waals surface area contributed by atoms with Crippen LogP contribution in [0.25, 0.3) is 0 Å². The number of ether oxygens (including phenoxy) is 1. The van der Waals surface area contributed by atoms with Crippen molar-refractivity contribution in [3.05, 3.63) is 30.1 Å². The van der Waals surface area contributed by atoms with Gasteiger partial charge in [0, 0.05) is 6.07 Å². The summed E-state index contributed by atoms with van der Waals surface area (Å²) in [4.78, 5) is 0. The Bertz CT molecular complexity index is 333. The van der Waals surface area contributed by atoms with Crippen molar-refractivity contribution in [2.24, 2.45) is 0 Å². The zero-order valence-electron chi connectivity index (χ0n) is 9.66. The third kappa shape index (κ3) is 3.79. The summed E-state index contributed by atoms with van der Waals surface area (Å²) in [5, 5.41) is 12.4. The number of likely N-dealkylation sites (N-methyl/N-ethyl adjacent to an activating group) is 1. The highest BCUT2D eigenvalue weighted by Crippen LogP contribution is 2.14. The maximum atomic E-state index is 12.9. The van der Waals surface area contributed by atoms with Gasteiger partial charge in [-0.1, -0.05) is 13.0 Å². The molecule has 0 amide bonds. The van der Waals surface area contributed by atoms with Crippen LogP contribution in [-0.2, 0) is 0 Å². The molecule has 90 valence electrons. The molecular weight excluding hydrogens is 209 g/mol. The number of halogens is 1. The molecule has 1 rings (SSSR count). The van der Waals surface area contributed by atoms with Crippen LogP contribution in [0, 0.1) is 5.82 Å². The molecule has 2 N–H and O–H groups in total. The van der Waals surface area contributed by atoms with Gasteiger partial charge in [-0.25, -0.2) is 4.39 Å². The summed E-state index contributed by atoms with van der Waals surface area (Å²) in [7, 11) is 0. The smallest absolute Gasteiger partial charge is 0.126 e. The van der Waals surface area contributed by atoms with Crippen LogP contribution in [-0.4, -0.2) is 30.4 Å². The minimum Gasteiger partial charge on any atom is -0.491 e. The second kappa shape index (κ2) is 5.82. The van der Waals surface area contributed by atoms with Crippen molar-refractivity contribution in [2.45, 2.75) is 19.4 Å². The van der Waals surface area contributed by atoms with Gasteiger partial charge in [0.25, 0.3) is 0 Å². The maximum absolute atomic E-state index is 12.9. The van der Waals surface area contributed by atoms with Crippen LogP contribution < -0.4 is 10.1 Å². The standard InChI is InChI=1S/C12H18FNO2/c1-3-14-12(2,8-15)9-16-11-6-4-5-10(13)7-11/h4-7,14-15H,3,8-9H2,1-2H3. The lowest BCUT2D eigenvalue weighted by Gasteiger charge is -2.28. The van der Waals surface area contributed by atoms with Crippen molar-refractivity contribution in [3.8, 4) is 5.75 Å². The van der Waals surface area contributed by atoms with Gasteiger partial charge in [0.2, 0.25) is 0 Å². The highest BCUT2D eigenvalue weighted by molar-refractivity contribution is 5.22. The Hall–Kier alpha value is -1.13. The van der Waals surface area contributed by atoms with Crippen molar-refractivity contribution in [3.63, 3.8) is 0 Å². The first-order chi connectivity index (χ1) is 7.59. The van der Waals surface area contributed by atoms with Gasteiger partial charge in [-0.2, -0.15) is 0 Å². The zero-order valence-corrected chi connectivity index (χ0v) is 9.66. The number of hydrogen-bond donors (Lipinski definition) is 2. The average Bonchev–Trinajstić information content (AvgIpc) is 2.27. The minimum absolute atomic E-state index is 0.0316. The number of rotatable bonds is 6. The van der Waals surface area contributed by atoms with E-state index in [1.54, 1.807) is 12.1 Å². The lowest BCUT2D eigenvalue weighted by atomic mass is 10.1. The first kappa shape index (κ1) is 12.9. The molecule has 1 atom stereocenters. The molecule has 16 heavy (non-hydrogen) atoms. The van der Waals surface area contributed by atoms with Crippen LogP contribution in [0.5, 0.6) is 5.75 Å². The molecule has 0 bridgehead atoms. The number of benzene rings is 1. The molecule has 1 aromatic carbocycles. The molecule has 3 nitrogen and oxygen atoms in total. The molecule has 1 unspecified atom stereocenters. The Morgan fingerprint density at radius 1 is 1.50 bits per heavy atom. The largest absolute Gasteiger partial charge is 0.491 e. The molecule has 0 spiro atoms. The molecule has 0 aromatic heterocycles. The summed E-state index contributed by atoms with van der Waals surface area (Å²) in [5.74, 6) is 0.143. The van der Waals surface area contributed by atoms with E-state index in [2.05, 4.69) is 5.32 Å². The molecule has 1 aromatic rings. The molecular formula is C12H18FNO2. The maximum Gasteiger partial charge on any atom is 0.126 e. The quantitative estimate of drug-likeness (QED) is 0.775. The normalized spacial score (nSPS) is 14.5. The van der Waals surface area contributed by atoms with Crippen LogP contribution in [0.15, 0.2) is 24.3 Å². The summed E-state index contributed by atoms with van der Waals surface area (Å²) in [5.41, 5.74) is -0.499. The Balaban J connectivity index is 2.55. The van der Waals surface area contributed by atoms with Crippen LogP contribution in [0.3, 0.4) is 0 Å². The lowest BCUT2D eigenvalue weighted by Crippen LogP contribution is -2.50. The van der Waals surface area contributed by atoms with Crippen LogP contribution in [0.2, 0.25) is 0 Å². The van der Waals surface area contributed by atoms with E-state index in [9.17, 15) is 9.50 Å².